The molecule has 0 aliphatic rings. The van der Waals surface area contributed by atoms with E-state index in [1.807, 2.05) is 6.92 Å². The normalized spacial score (nSPS) is 10.9. The Bertz CT molecular complexity index is 396. The molecule has 1 aromatic heterocycles. The molecular formula is C13H23N3O. The Kier molecular flexibility index (Phi) is 5.19. The summed E-state index contributed by atoms with van der Waals surface area (Å²) in [5.74, 6) is 2.13. The van der Waals surface area contributed by atoms with E-state index in [1.165, 1.54) is 0 Å². The van der Waals surface area contributed by atoms with Gasteiger partial charge in [0.05, 0.1) is 0 Å². The van der Waals surface area contributed by atoms with Gasteiger partial charge in [0.25, 0.3) is 5.56 Å². The molecule has 0 amide bonds. The van der Waals surface area contributed by atoms with E-state index in [0.29, 0.717) is 11.7 Å². The zero-order valence-corrected chi connectivity index (χ0v) is 11.3. The number of aromatic nitrogens is 2. The first-order chi connectivity index (χ1) is 8.10. The first kappa shape index (κ1) is 13.7. The largest absolute Gasteiger partial charge is 0.356 e. The molecule has 0 aliphatic heterocycles. The molecule has 0 bridgehead atoms. The van der Waals surface area contributed by atoms with Crippen LogP contribution in [0.3, 0.4) is 0 Å². The number of H-pyrrole nitrogens is 1. The van der Waals surface area contributed by atoms with Crippen LogP contribution in [-0.2, 0) is 0 Å². The van der Waals surface area contributed by atoms with Gasteiger partial charge in [-0.05, 0) is 19.8 Å². The molecule has 1 aromatic rings. The van der Waals surface area contributed by atoms with Crippen molar-refractivity contribution in [3.63, 3.8) is 0 Å². The molecule has 0 atom stereocenters. The Balaban J connectivity index is 2.89. The Morgan fingerprint density at radius 3 is 2.47 bits per heavy atom. The minimum atomic E-state index is -0.0736. The van der Waals surface area contributed by atoms with Gasteiger partial charge in [-0.25, -0.2) is 4.98 Å². The zero-order chi connectivity index (χ0) is 12.8. The lowest BCUT2D eigenvalue weighted by Gasteiger charge is -2.26. The molecule has 1 heterocycles. The second-order valence-corrected chi connectivity index (χ2v) is 4.41. The maximum absolute atomic E-state index is 11.4. The topological polar surface area (TPSA) is 49.0 Å². The third-order valence-electron chi connectivity index (χ3n) is 3.19. The Morgan fingerprint density at radius 1 is 1.35 bits per heavy atom. The summed E-state index contributed by atoms with van der Waals surface area (Å²) < 4.78 is 0. The molecule has 0 aromatic carbocycles. The fraction of sp³-hybridized carbons (Fsp3) is 0.692. The van der Waals surface area contributed by atoms with E-state index in [2.05, 4.69) is 35.6 Å². The third kappa shape index (κ3) is 3.88. The van der Waals surface area contributed by atoms with Gasteiger partial charge in [-0.2, -0.15) is 0 Å². The monoisotopic (exact) mass is 237 g/mol. The molecule has 0 spiro atoms. The van der Waals surface area contributed by atoms with Gasteiger partial charge in [0, 0.05) is 19.2 Å². The number of aryl methyl sites for hydroxylation is 1. The average molecular weight is 237 g/mol. The van der Waals surface area contributed by atoms with Gasteiger partial charge in [0.1, 0.15) is 11.6 Å². The van der Waals surface area contributed by atoms with Crippen molar-refractivity contribution in [2.24, 2.45) is 5.92 Å². The molecule has 17 heavy (non-hydrogen) atoms. The van der Waals surface area contributed by atoms with Crippen molar-refractivity contribution in [3.8, 4) is 0 Å². The summed E-state index contributed by atoms with van der Waals surface area (Å²) in [4.78, 5) is 20.7. The van der Waals surface area contributed by atoms with Crippen LogP contribution in [0.25, 0.3) is 0 Å². The molecule has 4 heteroatoms. The Hall–Kier alpha value is -1.32. The molecule has 0 saturated carbocycles. The Labute approximate surface area is 103 Å². The minimum Gasteiger partial charge on any atom is -0.356 e. The molecule has 0 unspecified atom stereocenters. The quantitative estimate of drug-likeness (QED) is 0.826. The van der Waals surface area contributed by atoms with E-state index in [9.17, 15) is 4.79 Å². The highest BCUT2D eigenvalue weighted by Crippen LogP contribution is 2.14. The van der Waals surface area contributed by atoms with E-state index in [4.69, 9.17) is 0 Å². The fourth-order valence-corrected chi connectivity index (χ4v) is 1.97. The van der Waals surface area contributed by atoms with Crippen molar-refractivity contribution in [3.05, 3.63) is 22.2 Å². The van der Waals surface area contributed by atoms with Crippen molar-refractivity contribution in [1.29, 1.82) is 0 Å². The zero-order valence-electron chi connectivity index (χ0n) is 11.3. The fourth-order valence-electron chi connectivity index (χ4n) is 1.97. The van der Waals surface area contributed by atoms with E-state index >= 15 is 0 Å². The van der Waals surface area contributed by atoms with Crippen molar-refractivity contribution in [1.82, 2.24) is 9.97 Å². The lowest BCUT2D eigenvalue weighted by Crippen LogP contribution is -2.31. The number of nitrogens with one attached hydrogen (secondary N) is 1. The number of rotatable bonds is 6. The number of hydrogen-bond acceptors (Lipinski definition) is 3. The third-order valence-corrected chi connectivity index (χ3v) is 3.19. The maximum atomic E-state index is 11.4. The maximum Gasteiger partial charge on any atom is 0.252 e. The van der Waals surface area contributed by atoms with Gasteiger partial charge in [0.15, 0.2) is 0 Å². The number of anilines is 1. The number of hydrogen-bond donors (Lipinski definition) is 1. The van der Waals surface area contributed by atoms with Crippen LogP contribution in [0, 0.1) is 12.8 Å². The predicted molar refractivity (Wildman–Crippen MR) is 71.6 cm³/mol. The van der Waals surface area contributed by atoms with Crippen LogP contribution >= 0.6 is 0 Å². The second kappa shape index (κ2) is 6.42. The summed E-state index contributed by atoms with van der Waals surface area (Å²) in [6.45, 7) is 10.2. The van der Waals surface area contributed by atoms with Crippen LogP contribution in [0.4, 0.5) is 5.82 Å². The number of aromatic amines is 1. The molecule has 0 radical (unpaired) electrons. The Morgan fingerprint density at radius 2 is 2.00 bits per heavy atom. The first-order valence-corrected chi connectivity index (χ1v) is 6.43. The smallest absolute Gasteiger partial charge is 0.252 e. The van der Waals surface area contributed by atoms with Crippen molar-refractivity contribution in [2.45, 2.75) is 40.5 Å². The van der Waals surface area contributed by atoms with Gasteiger partial charge in [-0.1, -0.05) is 26.7 Å². The predicted octanol–water partition coefficient (Wildman–Crippen LogP) is 2.34. The van der Waals surface area contributed by atoms with Crippen LogP contribution < -0.4 is 10.5 Å². The van der Waals surface area contributed by atoms with Gasteiger partial charge in [-0.15, -0.1) is 0 Å². The summed E-state index contributed by atoms with van der Waals surface area (Å²) >= 11 is 0. The van der Waals surface area contributed by atoms with Crippen LogP contribution in [0.1, 0.15) is 39.4 Å². The van der Waals surface area contributed by atoms with Crippen LogP contribution in [0.5, 0.6) is 0 Å². The lowest BCUT2D eigenvalue weighted by atomic mass is 10.0. The minimum absolute atomic E-state index is 0.0736. The molecule has 1 rings (SSSR count). The highest BCUT2D eigenvalue weighted by atomic mass is 16.1. The molecule has 0 saturated heterocycles. The van der Waals surface area contributed by atoms with Gasteiger partial charge >= 0.3 is 0 Å². The summed E-state index contributed by atoms with van der Waals surface area (Å²) in [6, 6.07) is 1.58. The van der Waals surface area contributed by atoms with E-state index < -0.39 is 0 Å². The molecular weight excluding hydrogens is 214 g/mol. The molecule has 0 fully saturated rings. The summed E-state index contributed by atoms with van der Waals surface area (Å²) in [5, 5.41) is 0. The summed E-state index contributed by atoms with van der Waals surface area (Å²) in [7, 11) is 0. The summed E-state index contributed by atoms with van der Waals surface area (Å²) in [6.07, 6.45) is 2.32. The average Bonchev–Trinajstić information content (AvgIpc) is 2.29. The molecule has 4 nitrogen and oxygen atoms in total. The van der Waals surface area contributed by atoms with E-state index in [-0.39, 0.29) is 5.56 Å². The van der Waals surface area contributed by atoms with Gasteiger partial charge in [-0.3, -0.25) is 4.79 Å². The number of nitrogens with zero attached hydrogens (tertiary/aromatic N) is 2. The lowest BCUT2D eigenvalue weighted by molar-refractivity contribution is 0.484. The van der Waals surface area contributed by atoms with Crippen molar-refractivity contribution in [2.75, 3.05) is 18.0 Å². The van der Waals surface area contributed by atoms with Crippen molar-refractivity contribution < 1.29 is 0 Å². The van der Waals surface area contributed by atoms with Gasteiger partial charge in [0.2, 0.25) is 0 Å². The highest BCUT2D eigenvalue weighted by molar-refractivity contribution is 5.37. The van der Waals surface area contributed by atoms with Crippen LogP contribution in [0.15, 0.2) is 10.9 Å². The van der Waals surface area contributed by atoms with Gasteiger partial charge < -0.3 is 9.88 Å². The second-order valence-electron chi connectivity index (χ2n) is 4.41. The first-order valence-electron chi connectivity index (χ1n) is 6.43. The molecule has 96 valence electrons. The summed E-state index contributed by atoms with van der Waals surface area (Å²) in [5.41, 5.74) is -0.0736. The molecule has 0 aliphatic carbocycles. The van der Waals surface area contributed by atoms with Crippen LogP contribution in [-0.4, -0.2) is 23.1 Å². The van der Waals surface area contributed by atoms with Crippen molar-refractivity contribution >= 4 is 5.82 Å². The van der Waals surface area contributed by atoms with E-state index in [0.717, 1.165) is 31.7 Å². The van der Waals surface area contributed by atoms with Crippen LogP contribution in [0.2, 0.25) is 0 Å². The standard InChI is InChI=1S/C13H23N3O/c1-5-11(6-2)9-16(7-3)12-8-13(17)15-10(4)14-12/h8,11H,5-7,9H2,1-4H3,(H,14,15,17). The SMILES string of the molecule is CCC(CC)CN(CC)c1cc(=O)[nH]c(C)n1. The highest BCUT2D eigenvalue weighted by Gasteiger charge is 2.12. The van der Waals surface area contributed by atoms with E-state index in [1.54, 1.807) is 6.07 Å². The molecule has 1 N–H and O–H groups in total.